The van der Waals surface area contributed by atoms with Gasteiger partial charge < -0.3 is 19.4 Å². The molecule has 0 bridgehead atoms. The van der Waals surface area contributed by atoms with Gasteiger partial charge in [0.05, 0.1) is 6.67 Å². The second-order valence-electron chi connectivity index (χ2n) is 8.98. The van der Waals surface area contributed by atoms with E-state index < -0.39 is 0 Å². The van der Waals surface area contributed by atoms with Gasteiger partial charge in [-0.05, 0) is 56.0 Å². The third kappa shape index (κ3) is 3.45. The molecule has 2 aromatic rings. The average molecular weight is 406 g/mol. The van der Waals surface area contributed by atoms with E-state index in [1.807, 2.05) is 24.1 Å². The molecule has 3 heterocycles. The molecule has 5 heteroatoms. The van der Waals surface area contributed by atoms with E-state index in [2.05, 4.69) is 52.3 Å². The number of piperidine rings is 1. The zero-order chi connectivity index (χ0) is 20.6. The Morgan fingerprint density at radius 3 is 2.53 bits per heavy atom. The van der Waals surface area contributed by atoms with Crippen molar-refractivity contribution in [2.45, 2.75) is 43.7 Å². The molecular formula is C25H31N3O2. The van der Waals surface area contributed by atoms with Gasteiger partial charge in [0, 0.05) is 32.2 Å². The minimum atomic E-state index is -0.372. The van der Waals surface area contributed by atoms with E-state index in [4.69, 9.17) is 4.74 Å². The molecule has 5 rings (SSSR count). The summed E-state index contributed by atoms with van der Waals surface area (Å²) in [4.78, 5) is 19.9. The maximum Gasteiger partial charge on any atom is 0.249 e. The van der Waals surface area contributed by atoms with Gasteiger partial charge in [-0.2, -0.15) is 0 Å². The Bertz CT molecular complexity index is 867. The van der Waals surface area contributed by atoms with Crippen LogP contribution in [0.25, 0.3) is 0 Å². The van der Waals surface area contributed by atoms with Crippen LogP contribution in [0.4, 0.5) is 5.69 Å². The summed E-state index contributed by atoms with van der Waals surface area (Å²) in [7, 11) is 1.93. The first-order valence-electron chi connectivity index (χ1n) is 11.2. The fourth-order valence-electron chi connectivity index (χ4n) is 5.41. The van der Waals surface area contributed by atoms with Gasteiger partial charge in [-0.25, -0.2) is 0 Å². The predicted molar refractivity (Wildman–Crippen MR) is 119 cm³/mol. The fourth-order valence-corrected chi connectivity index (χ4v) is 5.41. The van der Waals surface area contributed by atoms with Gasteiger partial charge in [-0.15, -0.1) is 0 Å². The highest BCUT2D eigenvalue weighted by atomic mass is 16.5. The molecule has 2 fully saturated rings. The van der Waals surface area contributed by atoms with Crippen molar-refractivity contribution in [3.8, 4) is 5.75 Å². The molecule has 1 amide bonds. The summed E-state index contributed by atoms with van der Waals surface area (Å²) in [5.74, 6) is 1.34. The van der Waals surface area contributed by atoms with Crippen molar-refractivity contribution in [2.24, 2.45) is 0 Å². The molecule has 0 saturated carbocycles. The number of anilines is 1. The highest BCUT2D eigenvalue weighted by Crippen LogP contribution is 2.39. The van der Waals surface area contributed by atoms with Crippen LogP contribution in [0, 0.1) is 0 Å². The molecule has 158 valence electrons. The summed E-state index contributed by atoms with van der Waals surface area (Å²) in [6.45, 7) is 3.73. The summed E-state index contributed by atoms with van der Waals surface area (Å²) < 4.78 is 6.09. The van der Waals surface area contributed by atoms with Crippen LogP contribution in [-0.4, -0.2) is 60.7 Å². The number of ether oxygens (including phenoxy) is 1. The summed E-state index contributed by atoms with van der Waals surface area (Å²) in [6.07, 6.45) is 5.38. The molecule has 1 unspecified atom stereocenters. The number of benzene rings is 2. The minimum Gasteiger partial charge on any atom is -0.490 e. The van der Waals surface area contributed by atoms with Crippen molar-refractivity contribution in [3.63, 3.8) is 0 Å². The second kappa shape index (κ2) is 7.95. The van der Waals surface area contributed by atoms with E-state index in [0.717, 1.165) is 63.2 Å². The number of rotatable bonds is 5. The number of likely N-dealkylation sites (N-methyl/N-ethyl adjacent to an activating group) is 1. The predicted octanol–water partition coefficient (Wildman–Crippen LogP) is 3.54. The topological polar surface area (TPSA) is 36.0 Å². The van der Waals surface area contributed by atoms with Gasteiger partial charge in [-0.1, -0.05) is 36.4 Å². The SMILES string of the molecule is CN1CN(c2ccccc2)C2(CCN(CCCC3Cc4ccccc4O3)CC2)C1=O. The summed E-state index contributed by atoms with van der Waals surface area (Å²) in [5.41, 5.74) is 2.12. The van der Waals surface area contributed by atoms with Gasteiger partial charge in [0.2, 0.25) is 5.91 Å². The van der Waals surface area contributed by atoms with Crippen molar-refractivity contribution in [1.29, 1.82) is 0 Å². The Labute approximate surface area is 179 Å². The van der Waals surface area contributed by atoms with Crippen molar-refractivity contribution in [1.82, 2.24) is 9.80 Å². The second-order valence-corrected chi connectivity index (χ2v) is 8.98. The van der Waals surface area contributed by atoms with Crippen LogP contribution in [0.2, 0.25) is 0 Å². The molecule has 3 aliphatic rings. The molecule has 1 spiro atoms. The molecule has 2 aromatic carbocycles. The average Bonchev–Trinajstić information content (AvgIpc) is 3.30. The van der Waals surface area contributed by atoms with Gasteiger partial charge in [0.15, 0.2) is 0 Å². The van der Waals surface area contributed by atoms with Gasteiger partial charge >= 0.3 is 0 Å². The Kier molecular flexibility index (Phi) is 5.15. The van der Waals surface area contributed by atoms with Crippen molar-refractivity contribution < 1.29 is 9.53 Å². The third-order valence-corrected chi connectivity index (χ3v) is 7.08. The van der Waals surface area contributed by atoms with E-state index in [9.17, 15) is 4.79 Å². The number of fused-ring (bicyclic) bond motifs is 1. The zero-order valence-corrected chi connectivity index (χ0v) is 17.8. The molecule has 5 nitrogen and oxygen atoms in total. The standard InChI is InChI=1S/C25H31N3O2/c1-26-19-28(21-9-3-2-4-10-21)25(24(26)29)13-16-27(17-14-25)15-7-11-22-18-20-8-5-6-12-23(20)30-22/h2-6,8-10,12,22H,7,11,13-19H2,1H3. The van der Waals surface area contributed by atoms with Crippen LogP contribution in [0.1, 0.15) is 31.2 Å². The number of hydrogen-bond donors (Lipinski definition) is 0. The Hall–Kier alpha value is -2.53. The molecule has 0 N–H and O–H groups in total. The number of amides is 1. The van der Waals surface area contributed by atoms with Gasteiger partial charge in [0.1, 0.15) is 17.4 Å². The van der Waals surface area contributed by atoms with Gasteiger partial charge in [0.25, 0.3) is 0 Å². The first kappa shape index (κ1) is 19.4. The van der Waals surface area contributed by atoms with Crippen LogP contribution in [0.15, 0.2) is 54.6 Å². The molecule has 2 saturated heterocycles. The molecule has 0 aliphatic carbocycles. The van der Waals surface area contributed by atoms with Crippen molar-refractivity contribution >= 4 is 11.6 Å². The maximum absolute atomic E-state index is 13.1. The molecule has 0 aromatic heterocycles. The Balaban J connectivity index is 1.15. The summed E-state index contributed by atoms with van der Waals surface area (Å²) in [5, 5.41) is 0. The lowest BCUT2D eigenvalue weighted by Crippen LogP contribution is -2.56. The van der Waals surface area contributed by atoms with E-state index in [0.29, 0.717) is 12.8 Å². The lowest BCUT2D eigenvalue weighted by Gasteiger charge is -2.43. The van der Waals surface area contributed by atoms with Crippen LogP contribution >= 0.6 is 0 Å². The fraction of sp³-hybridized carbons (Fsp3) is 0.480. The Morgan fingerprint density at radius 1 is 1.03 bits per heavy atom. The molecule has 1 atom stereocenters. The number of carbonyl (C=O) groups is 1. The number of para-hydroxylation sites is 2. The van der Waals surface area contributed by atoms with Crippen LogP contribution in [-0.2, 0) is 11.2 Å². The lowest BCUT2D eigenvalue weighted by atomic mass is 9.85. The third-order valence-electron chi connectivity index (χ3n) is 7.08. The number of nitrogens with zero attached hydrogens (tertiary/aromatic N) is 3. The van der Waals surface area contributed by atoms with Gasteiger partial charge in [-0.3, -0.25) is 4.79 Å². The van der Waals surface area contributed by atoms with E-state index in [-0.39, 0.29) is 11.4 Å². The highest BCUT2D eigenvalue weighted by molar-refractivity contribution is 5.93. The van der Waals surface area contributed by atoms with Crippen LogP contribution < -0.4 is 9.64 Å². The lowest BCUT2D eigenvalue weighted by molar-refractivity contribution is -0.132. The number of hydrogen-bond acceptors (Lipinski definition) is 4. The highest BCUT2D eigenvalue weighted by Gasteiger charge is 2.52. The first-order valence-corrected chi connectivity index (χ1v) is 11.2. The number of carbonyl (C=O) groups excluding carboxylic acids is 1. The minimum absolute atomic E-state index is 0.281. The van der Waals surface area contributed by atoms with Crippen LogP contribution in [0.5, 0.6) is 5.75 Å². The first-order chi connectivity index (χ1) is 14.7. The molecule has 0 radical (unpaired) electrons. The largest absolute Gasteiger partial charge is 0.490 e. The maximum atomic E-state index is 13.1. The monoisotopic (exact) mass is 405 g/mol. The summed E-state index contributed by atoms with van der Waals surface area (Å²) in [6, 6.07) is 18.8. The van der Waals surface area contributed by atoms with E-state index in [1.54, 1.807) is 0 Å². The molecule has 30 heavy (non-hydrogen) atoms. The zero-order valence-electron chi connectivity index (χ0n) is 17.8. The van der Waals surface area contributed by atoms with Crippen molar-refractivity contribution in [2.75, 3.05) is 38.3 Å². The van der Waals surface area contributed by atoms with E-state index >= 15 is 0 Å². The number of likely N-dealkylation sites (tertiary alicyclic amines) is 1. The quantitative estimate of drug-likeness (QED) is 0.762. The molecular weight excluding hydrogens is 374 g/mol. The van der Waals surface area contributed by atoms with Crippen molar-refractivity contribution in [3.05, 3.63) is 60.2 Å². The molecule has 3 aliphatic heterocycles. The summed E-state index contributed by atoms with van der Waals surface area (Å²) >= 11 is 0. The smallest absolute Gasteiger partial charge is 0.249 e. The van der Waals surface area contributed by atoms with E-state index in [1.165, 1.54) is 5.56 Å². The Morgan fingerprint density at radius 2 is 1.77 bits per heavy atom. The van der Waals surface area contributed by atoms with Crippen LogP contribution in [0.3, 0.4) is 0 Å². The normalized spacial score (nSPS) is 23.1.